The summed E-state index contributed by atoms with van der Waals surface area (Å²) in [6.07, 6.45) is 5.48. The van der Waals surface area contributed by atoms with E-state index in [2.05, 4.69) is 10.3 Å². The van der Waals surface area contributed by atoms with Gasteiger partial charge in [-0.3, -0.25) is 4.79 Å². The number of halogens is 1. The third-order valence-electron chi connectivity index (χ3n) is 3.15. The van der Waals surface area contributed by atoms with Crippen molar-refractivity contribution in [1.82, 2.24) is 10.3 Å². The van der Waals surface area contributed by atoms with Crippen molar-refractivity contribution in [2.45, 2.75) is 26.8 Å². The molecule has 6 heteroatoms. The SMILES string of the molecule is CCOc1cc(Cl)cc(Oc2ccc(C=C[C@H](C)NC(C)=O)cn2)c1. The van der Waals surface area contributed by atoms with Gasteiger partial charge in [-0.2, -0.15) is 0 Å². The number of hydrogen-bond donors (Lipinski definition) is 1. The largest absolute Gasteiger partial charge is 0.494 e. The maximum atomic E-state index is 11.0. The minimum atomic E-state index is -0.0630. The van der Waals surface area contributed by atoms with Crippen LogP contribution in [0.5, 0.6) is 17.4 Å². The Balaban J connectivity index is 2.03. The van der Waals surface area contributed by atoms with Crippen LogP contribution in [-0.2, 0) is 4.79 Å². The Kier molecular flexibility index (Phi) is 6.83. The van der Waals surface area contributed by atoms with Gasteiger partial charge in [0.25, 0.3) is 0 Å². The highest BCUT2D eigenvalue weighted by molar-refractivity contribution is 6.30. The molecule has 2 aromatic rings. The molecule has 1 N–H and O–H groups in total. The predicted octanol–water partition coefficient (Wildman–Crippen LogP) is 4.46. The minimum absolute atomic E-state index is 0.0446. The molecule has 0 aliphatic carbocycles. The summed E-state index contributed by atoms with van der Waals surface area (Å²) in [4.78, 5) is 15.3. The first-order valence-electron chi connectivity index (χ1n) is 7.99. The smallest absolute Gasteiger partial charge is 0.219 e. The number of rotatable bonds is 7. The van der Waals surface area contributed by atoms with E-state index in [9.17, 15) is 4.79 Å². The molecule has 0 bridgehead atoms. The quantitative estimate of drug-likeness (QED) is 0.791. The molecule has 0 spiro atoms. The topological polar surface area (TPSA) is 60.5 Å². The number of carbonyl (C=O) groups excluding carboxylic acids is 1. The van der Waals surface area contributed by atoms with E-state index < -0.39 is 0 Å². The monoisotopic (exact) mass is 360 g/mol. The molecule has 1 aromatic heterocycles. The average Bonchev–Trinajstić information content (AvgIpc) is 2.53. The second-order valence-electron chi connectivity index (χ2n) is 5.44. The molecule has 132 valence electrons. The lowest BCUT2D eigenvalue weighted by Crippen LogP contribution is -2.28. The van der Waals surface area contributed by atoms with E-state index in [1.807, 2.05) is 32.1 Å². The molecule has 0 radical (unpaired) electrons. The Labute approximate surface area is 152 Å². The highest BCUT2D eigenvalue weighted by Gasteiger charge is 2.04. The third kappa shape index (κ3) is 6.47. The van der Waals surface area contributed by atoms with Crippen LogP contribution < -0.4 is 14.8 Å². The highest BCUT2D eigenvalue weighted by Crippen LogP contribution is 2.29. The molecule has 25 heavy (non-hydrogen) atoms. The number of nitrogens with one attached hydrogen (secondary N) is 1. The fraction of sp³-hybridized carbons (Fsp3) is 0.263. The molecule has 1 amide bonds. The van der Waals surface area contributed by atoms with E-state index in [4.69, 9.17) is 21.1 Å². The van der Waals surface area contributed by atoms with Crippen LogP contribution in [0.2, 0.25) is 5.02 Å². The summed E-state index contributed by atoms with van der Waals surface area (Å²) in [5, 5.41) is 3.32. The van der Waals surface area contributed by atoms with Crippen LogP contribution in [-0.4, -0.2) is 23.5 Å². The van der Waals surface area contributed by atoms with Crippen LogP contribution in [0.4, 0.5) is 0 Å². The van der Waals surface area contributed by atoms with Gasteiger partial charge in [-0.15, -0.1) is 0 Å². The van der Waals surface area contributed by atoms with Crippen molar-refractivity contribution in [3.63, 3.8) is 0 Å². The average molecular weight is 361 g/mol. The summed E-state index contributed by atoms with van der Waals surface area (Å²) in [6.45, 7) is 5.85. The maximum Gasteiger partial charge on any atom is 0.219 e. The van der Waals surface area contributed by atoms with Crippen molar-refractivity contribution in [3.05, 3.63) is 53.2 Å². The lowest BCUT2D eigenvalue weighted by atomic mass is 10.2. The molecule has 0 saturated heterocycles. The number of aromatic nitrogens is 1. The van der Waals surface area contributed by atoms with Crippen molar-refractivity contribution < 1.29 is 14.3 Å². The van der Waals surface area contributed by atoms with Crippen molar-refractivity contribution in [2.75, 3.05) is 6.61 Å². The zero-order valence-corrected chi connectivity index (χ0v) is 15.2. The lowest BCUT2D eigenvalue weighted by molar-refractivity contribution is -0.119. The van der Waals surface area contributed by atoms with Gasteiger partial charge in [0.2, 0.25) is 11.8 Å². The fourth-order valence-corrected chi connectivity index (χ4v) is 2.36. The van der Waals surface area contributed by atoms with Crippen LogP contribution >= 0.6 is 11.6 Å². The van der Waals surface area contributed by atoms with E-state index >= 15 is 0 Å². The predicted molar refractivity (Wildman–Crippen MR) is 99.2 cm³/mol. The second kappa shape index (κ2) is 9.08. The van der Waals surface area contributed by atoms with Gasteiger partial charge in [-0.25, -0.2) is 4.98 Å². The number of ether oxygens (including phenoxy) is 2. The number of nitrogens with zero attached hydrogens (tertiary/aromatic N) is 1. The summed E-state index contributed by atoms with van der Waals surface area (Å²) in [5.74, 6) is 1.60. The molecule has 5 nitrogen and oxygen atoms in total. The van der Waals surface area contributed by atoms with Crippen LogP contribution in [0.1, 0.15) is 26.3 Å². The van der Waals surface area contributed by atoms with Crippen molar-refractivity contribution in [3.8, 4) is 17.4 Å². The van der Waals surface area contributed by atoms with Gasteiger partial charge in [-0.1, -0.05) is 23.8 Å². The first kappa shape index (κ1) is 18.8. The summed E-state index contributed by atoms with van der Waals surface area (Å²) in [5.41, 5.74) is 0.908. The van der Waals surface area contributed by atoms with Gasteiger partial charge in [0.15, 0.2) is 0 Å². The maximum absolute atomic E-state index is 11.0. The number of hydrogen-bond acceptors (Lipinski definition) is 4. The van der Waals surface area contributed by atoms with E-state index in [1.54, 1.807) is 30.5 Å². The first-order valence-corrected chi connectivity index (χ1v) is 8.36. The Hall–Kier alpha value is -2.53. The van der Waals surface area contributed by atoms with Gasteiger partial charge in [0, 0.05) is 36.3 Å². The van der Waals surface area contributed by atoms with Crippen LogP contribution in [0, 0.1) is 0 Å². The number of pyridine rings is 1. The fourth-order valence-electron chi connectivity index (χ4n) is 2.14. The summed E-state index contributed by atoms with van der Waals surface area (Å²) >= 11 is 6.06. The summed E-state index contributed by atoms with van der Waals surface area (Å²) < 4.78 is 11.2. The standard InChI is InChI=1S/C19H21ClN2O3/c1-4-24-17-9-16(20)10-18(11-17)25-19-8-7-15(12-21-19)6-5-13(2)22-14(3)23/h5-13H,4H2,1-3H3,(H,22,23)/t13-/m0/s1. The molecule has 0 aliphatic heterocycles. The Morgan fingerprint density at radius 2 is 2.08 bits per heavy atom. The highest BCUT2D eigenvalue weighted by atomic mass is 35.5. The molecule has 1 aromatic carbocycles. The molecule has 1 heterocycles. The Bertz CT molecular complexity index is 745. The van der Waals surface area contributed by atoms with E-state index in [0.29, 0.717) is 29.0 Å². The van der Waals surface area contributed by atoms with E-state index in [1.165, 1.54) is 6.92 Å². The molecule has 2 rings (SSSR count). The normalized spacial score (nSPS) is 12.0. The number of benzene rings is 1. The molecule has 0 aliphatic rings. The minimum Gasteiger partial charge on any atom is -0.494 e. The lowest BCUT2D eigenvalue weighted by Gasteiger charge is -2.09. The van der Waals surface area contributed by atoms with Crippen molar-refractivity contribution in [2.24, 2.45) is 0 Å². The van der Waals surface area contributed by atoms with Gasteiger partial charge in [0.1, 0.15) is 11.5 Å². The van der Waals surface area contributed by atoms with Crippen molar-refractivity contribution >= 4 is 23.6 Å². The van der Waals surface area contributed by atoms with Gasteiger partial charge in [-0.05, 0) is 37.6 Å². The zero-order chi connectivity index (χ0) is 18.2. The van der Waals surface area contributed by atoms with Crippen LogP contribution in [0.15, 0.2) is 42.6 Å². The van der Waals surface area contributed by atoms with Crippen molar-refractivity contribution in [1.29, 1.82) is 0 Å². The Morgan fingerprint density at radius 1 is 1.32 bits per heavy atom. The van der Waals surface area contributed by atoms with Gasteiger partial charge in [0.05, 0.1) is 6.61 Å². The third-order valence-corrected chi connectivity index (χ3v) is 3.36. The molecular formula is C19H21ClN2O3. The Morgan fingerprint density at radius 3 is 2.72 bits per heavy atom. The van der Waals surface area contributed by atoms with Crippen LogP contribution in [0.3, 0.4) is 0 Å². The molecule has 1 atom stereocenters. The van der Waals surface area contributed by atoms with E-state index in [-0.39, 0.29) is 11.9 Å². The number of amides is 1. The van der Waals surface area contributed by atoms with Gasteiger partial charge >= 0.3 is 0 Å². The second-order valence-corrected chi connectivity index (χ2v) is 5.87. The molecule has 0 fully saturated rings. The zero-order valence-electron chi connectivity index (χ0n) is 14.5. The molecule has 0 saturated carbocycles. The molecule has 0 unspecified atom stereocenters. The summed E-state index contributed by atoms with van der Waals surface area (Å²) in [6, 6.07) is 8.80. The first-order chi connectivity index (χ1) is 12.0. The number of carbonyl (C=O) groups is 1. The van der Waals surface area contributed by atoms with E-state index in [0.717, 1.165) is 5.56 Å². The molecular weight excluding hydrogens is 340 g/mol. The summed E-state index contributed by atoms with van der Waals surface area (Å²) in [7, 11) is 0. The van der Waals surface area contributed by atoms with Gasteiger partial charge < -0.3 is 14.8 Å². The van der Waals surface area contributed by atoms with Crippen LogP contribution in [0.25, 0.3) is 6.08 Å².